The van der Waals surface area contributed by atoms with Crippen LogP contribution in [-0.2, 0) is 13.0 Å². The van der Waals surface area contributed by atoms with E-state index in [1.807, 2.05) is 32.2 Å². The Balaban J connectivity index is 1.67. The average molecular weight is 289 g/mol. The van der Waals surface area contributed by atoms with Gasteiger partial charge in [-0.1, -0.05) is 30.3 Å². The van der Waals surface area contributed by atoms with Crippen LogP contribution in [0, 0.1) is 6.92 Å². The second-order valence-electron chi connectivity index (χ2n) is 5.16. The highest BCUT2D eigenvalue weighted by Crippen LogP contribution is 2.16. The van der Waals surface area contributed by atoms with E-state index in [-0.39, 0.29) is 0 Å². The van der Waals surface area contributed by atoms with Gasteiger partial charge in [-0.05, 0) is 32.0 Å². The van der Waals surface area contributed by atoms with E-state index in [4.69, 9.17) is 9.26 Å². The van der Waals surface area contributed by atoms with E-state index >= 15 is 0 Å². The van der Waals surface area contributed by atoms with Crippen molar-refractivity contribution in [3.63, 3.8) is 0 Å². The van der Waals surface area contributed by atoms with Crippen molar-refractivity contribution in [3.8, 4) is 5.75 Å². The van der Waals surface area contributed by atoms with Gasteiger partial charge in [-0.25, -0.2) is 0 Å². The van der Waals surface area contributed by atoms with Gasteiger partial charge in [-0.15, -0.1) is 0 Å². The van der Waals surface area contributed by atoms with Crippen LogP contribution >= 0.6 is 0 Å². The molecule has 0 saturated carbocycles. The monoisotopic (exact) mass is 289 g/mol. The Morgan fingerprint density at radius 3 is 2.81 bits per heavy atom. The van der Waals surface area contributed by atoms with Crippen LogP contribution in [0.4, 0.5) is 0 Å². The van der Waals surface area contributed by atoms with Crippen molar-refractivity contribution < 1.29 is 9.26 Å². The van der Waals surface area contributed by atoms with Gasteiger partial charge < -0.3 is 9.26 Å². The van der Waals surface area contributed by atoms with Crippen molar-refractivity contribution in [2.45, 2.75) is 33.2 Å². The van der Waals surface area contributed by atoms with Crippen LogP contribution in [0.3, 0.4) is 0 Å². The molecule has 2 rings (SSSR count). The Morgan fingerprint density at radius 1 is 1.29 bits per heavy atom. The number of hydrogen-bond donors (Lipinski definition) is 0. The van der Waals surface area contributed by atoms with Crippen molar-refractivity contribution in [3.05, 3.63) is 41.5 Å². The number of aryl methyl sites for hydroxylation is 2. The first kappa shape index (κ1) is 15.5. The maximum atomic E-state index is 5.78. The molecule has 2 aromatic rings. The van der Waals surface area contributed by atoms with Gasteiger partial charge in [-0.3, -0.25) is 4.90 Å². The fraction of sp³-hybridized carbons (Fsp3) is 0.500. The summed E-state index contributed by atoms with van der Waals surface area (Å²) in [5.41, 5.74) is 1.17. The predicted molar refractivity (Wildman–Crippen MR) is 81.3 cm³/mol. The van der Waals surface area contributed by atoms with Crippen molar-refractivity contribution in [2.24, 2.45) is 0 Å². The Hall–Kier alpha value is -1.88. The van der Waals surface area contributed by atoms with Gasteiger partial charge in [0.2, 0.25) is 5.89 Å². The lowest BCUT2D eigenvalue weighted by Crippen LogP contribution is -2.21. The minimum atomic E-state index is 0.675. The summed E-state index contributed by atoms with van der Waals surface area (Å²) in [4.78, 5) is 6.47. The number of nitrogens with zero attached hydrogens (tertiary/aromatic N) is 3. The fourth-order valence-corrected chi connectivity index (χ4v) is 2.04. The minimum absolute atomic E-state index is 0.675. The number of para-hydroxylation sites is 1. The first-order valence-electron chi connectivity index (χ1n) is 7.37. The van der Waals surface area contributed by atoms with Crippen molar-refractivity contribution in [1.82, 2.24) is 15.0 Å². The summed E-state index contributed by atoms with van der Waals surface area (Å²) in [7, 11) is 2.05. The van der Waals surface area contributed by atoms with E-state index in [9.17, 15) is 0 Å². The number of ether oxygens (including phenoxy) is 1. The molecule has 0 amide bonds. The molecule has 0 unspecified atom stereocenters. The Morgan fingerprint density at radius 2 is 2.10 bits per heavy atom. The maximum absolute atomic E-state index is 5.78. The molecule has 0 N–H and O–H groups in total. The zero-order valence-corrected chi connectivity index (χ0v) is 13.0. The average Bonchev–Trinajstić information content (AvgIpc) is 2.93. The van der Waals surface area contributed by atoms with Gasteiger partial charge in [0, 0.05) is 13.0 Å². The van der Waals surface area contributed by atoms with E-state index in [2.05, 4.69) is 28.0 Å². The largest absolute Gasteiger partial charge is 0.493 e. The normalized spacial score (nSPS) is 11.0. The summed E-state index contributed by atoms with van der Waals surface area (Å²) in [5, 5.41) is 3.90. The molecule has 21 heavy (non-hydrogen) atoms. The molecular formula is C16H23N3O2. The zero-order chi connectivity index (χ0) is 15.1. The third-order valence-electron chi connectivity index (χ3n) is 3.27. The van der Waals surface area contributed by atoms with Gasteiger partial charge in [0.15, 0.2) is 5.82 Å². The standard InChI is InChI=1S/C16H23N3O2/c1-4-15-17-16(21-18-15)12-19(3)10-7-11-20-14-9-6-5-8-13(14)2/h5-6,8-9H,4,7,10-12H2,1-3H3. The molecule has 0 spiro atoms. The van der Waals surface area contributed by atoms with Crippen LogP contribution in [0.25, 0.3) is 0 Å². The smallest absolute Gasteiger partial charge is 0.240 e. The van der Waals surface area contributed by atoms with E-state index in [1.165, 1.54) is 5.56 Å². The summed E-state index contributed by atoms with van der Waals surface area (Å²) < 4.78 is 11.0. The second-order valence-corrected chi connectivity index (χ2v) is 5.16. The molecule has 1 heterocycles. The quantitative estimate of drug-likeness (QED) is 0.699. The molecule has 1 aromatic heterocycles. The Kier molecular flexibility index (Phi) is 5.75. The summed E-state index contributed by atoms with van der Waals surface area (Å²) in [5.74, 6) is 2.40. The van der Waals surface area contributed by atoms with Crippen LogP contribution in [0.1, 0.15) is 30.6 Å². The van der Waals surface area contributed by atoms with Crippen LogP contribution in [-0.4, -0.2) is 35.2 Å². The Labute approximate surface area is 125 Å². The summed E-state index contributed by atoms with van der Waals surface area (Å²) in [6, 6.07) is 8.08. The second kappa shape index (κ2) is 7.78. The third kappa shape index (κ3) is 4.86. The lowest BCUT2D eigenvalue weighted by Gasteiger charge is -2.14. The molecule has 5 nitrogen and oxygen atoms in total. The van der Waals surface area contributed by atoms with E-state index in [1.54, 1.807) is 0 Å². The first-order chi connectivity index (χ1) is 10.2. The van der Waals surface area contributed by atoms with Gasteiger partial charge in [0.1, 0.15) is 5.75 Å². The van der Waals surface area contributed by atoms with E-state index in [0.29, 0.717) is 19.0 Å². The summed E-state index contributed by atoms with van der Waals surface area (Å²) in [6.07, 6.45) is 1.76. The molecule has 0 aliphatic carbocycles. The molecule has 0 aliphatic rings. The molecular weight excluding hydrogens is 266 g/mol. The minimum Gasteiger partial charge on any atom is -0.493 e. The molecule has 5 heteroatoms. The Bertz CT molecular complexity index is 554. The number of benzene rings is 1. The van der Waals surface area contributed by atoms with Crippen molar-refractivity contribution in [1.29, 1.82) is 0 Å². The van der Waals surface area contributed by atoms with Gasteiger partial charge >= 0.3 is 0 Å². The lowest BCUT2D eigenvalue weighted by molar-refractivity contribution is 0.234. The van der Waals surface area contributed by atoms with E-state index in [0.717, 1.165) is 31.0 Å². The number of rotatable bonds is 8. The first-order valence-corrected chi connectivity index (χ1v) is 7.37. The van der Waals surface area contributed by atoms with Gasteiger partial charge in [0.05, 0.1) is 13.2 Å². The molecule has 0 bridgehead atoms. The molecule has 0 fully saturated rings. The highest BCUT2D eigenvalue weighted by molar-refractivity contribution is 5.31. The molecule has 0 atom stereocenters. The molecule has 1 aromatic carbocycles. The van der Waals surface area contributed by atoms with Crippen LogP contribution < -0.4 is 4.74 Å². The molecule has 0 aliphatic heterocycles. The predicted octanol–water partition coefficient (Wildman–Crippen LogP) is 2.84. The maximum Gasteiger partial charge on any atom is 0.240 e. The van der Waals surface area contributed by atoms with E-state index < -0.39 is 0 Å². The van der Waals surface area contributed by atoms with Gasteiger partial charge in [-0.2, -0.15) is 4.98 Å². The topological polar surface area (TPSA) is 51.4 Å². The third-order valence-corrected chi connectivity index (χ3v) is 3.27. The van der Waals surface area contributed by atoms with Crippen molar-refractivity contribution in [2.75, 3.05) is 20.2 Å². The SMILES string of the molecule is CCc1noc(CN(C)CCCOc2ccccc2C)n1. The molecule has 0 radical (unpaired) electrons. The highest BCUT2D eigenvalue weighted by Gasteiger charge is 2.08. The fourth-order valence-electron chi connectivity index (χ4n) is 2.04. The number of hydrogen-bond acceptors (Lipinski definition) is 5. The lowest BCUT2D eigenvalue weighted by atomic mass is 10.2. The summed E-state index contributed by atoms with van der Waals surface area (Å²) >= 11 is 0. The zero-order valence-electron chi connectivity index (χ0n) is 13.0. The van der Waals surface area contributed by atoms with Crippen LogP contribution in [0.2, 0.25) is 0 Å². The summed E-state index contributed by atoms with van der Waals surface area (Å²) in [6.45, 7) is 6.38. The van der Waals surface area contributed by atoms with Crippen molar-refractivity contribution >= 4 is 0 Å². The van der Waals surface area contributed by atoms with Crippen LogP contribution in [0.5, 0.6) is 5.75 Å². The molecule has 114 valence electrons. The highest BCUT2D eigenvalue weighted by atomic mass is 16.5. The van der Waals surface area contributed by atoms with Crippen LogP contribution in [0.15, 0.2) is 28.8 Å². The molecule has 0 saturated heterocycles. The number of aromatic nitrogens is 2. The van der Waals surface area contributed by atoms with Gasteiger partial charge in [0.25, 0.3) is 0 Å².